The van der Waals surface area contributed by atoms with E-state index in [4.69, 9.17) is 0 Å². The number of rotatable bonds is 4. The summed E-state index contributed by atoms with van der Waals surface area (Å²) >= 11 is 1.61. The van der Waals surface area contributed by atoms with E-state index in [2.05, 4.69) is 30.3 Å². The highest BCUT2D eigenvalue weighted by atomic mass is 32.2. The number of hydrogen-bond donors (Lipinski definition) is 0. The summed E-state index contributed by atoms with van der Waals surface area (Å²) in [4.78, 5) is 29.2. The number of thioether (sulfide) groups is 1. The predicted molar refractivity (Wildman–Crippen MR) is 105 cm³/mol. The predicted octanol–water partition coefficient (Wildman–Crippen LogP) is 2.60. The molecule has 1 aliphatic carbocycles. The number of benzene rings is 1. The SMILES string of the molecule is N#C[C@@H]1CSCN1C(=O)[C@@H]1CCCN1C(=O)CCC1Cc2ccccc2C1. The van der Waals surface area contributed by atoms with Crippen LogP contribution in [0.3, 0.4) is 0 Å². The Bertz CT molecular complexity index is 750. The summed E-state index contributed by atoms with van der Waals surface area (Å²) in [5.41, 5.74) is 2.83. The van der Waals surface area contributed by atoms with Gasteiger partial charge >= 0.3 is 0 Å². The van der Waals surface area contributed by atoms with Crippen LogP contribution in [-0.2, 0) is 22.4 Å². The van der Waals surface area contributed by atoms with Crippen molar-refractivity contribution in [2.75, 3.05) is 18.2 Å². The molecule has 0 unspecified atom stereocenters. The molecule has 0 radical (unpaired) electrons. The minimum Gasteiger partial charge on any atom is -0.331 e. The number of carbonyl (C=O) groups excluding carboxylic acids is 2. The lowest BCUT2D eigenvalue weighted by molar-refractivity contribution is -0.143. The maximum atomic E-state index is 12.9. The Labute approximate surface area is 164 Å². The van der Waals surface area contributed by atoms with Crippen molar-refractivity contribution >= 4 is 23.6 Å². The lowest BCUT2D eigenvalue weighted by Crippen LogP contribution is -2.49. The summed E-state index contributed by atoms with van der Waals surface area (Å²) in [6.07, 6.45) is 5.10. The Morgan fingerprint density at radius 2 is 1.93 bits per heavy atom. The van der Waals surface area contributed by atoms with E-state index in [0.29, 0.717) is 30.5 Å². The molecule has 0 bridgehead atoms. The number of carbonyl (C=O) groups is 2. The van der Waals surface area contributed by atoms with E-state index in [1.807, 2.05) is 0 Å². The minimum atomic E-state index is -0.368. The van der Waals surface area contributed by atoms with Gasteiger partial charge in [0, 0.05) is 18.7 Å². The largest absolute Gasteiger partial charge is 0.331 e. The van der Waals surface area contributed by atoms with Gasteiger partial charge in [-0.05, 0) is 49.1 Å². The van der Waals surface area contributed by atoms with Crippen LogP contribution in [0.15, 0.2) is 24.3 Å². The van der Waals surface area contributed by atoms with E-state index in [0.717, 1.165) is 32.1 Å². The van der Waals surface area contributed by atoms with E-state index in [9.17, 15) is 14.9 Å². The van der Waals surface area contributed by atoms with E-state index in [-0.39, 0.29) is 23.9 Å². The second-order valence-corrected chi connectivity index (χ2v) is 8.78. The van der Waals surface area contributed by atoms with Crippen molar-refractivity contribution in [2.45, 2.75) is 50.6 Å². The molecule has 142 valence electrons. The summed E-state index contributed by atoms with van der Waals surface area (Å²) in [7, 11) is 0. The molecule has 2 aliphatic heterocycles. The molecule has 1 aromatic carbocycles. The molecule has 5 nitrogen and oxygen atoms in total. The smallest absolute Gasteiger partial charge is 0.247 e. The van der Waals surface area contributed by atoms with Crippen LogP contribution in [0.1, 0.15) is 36.8 Å². The van der Waals surface area contributed by atoms with E-state index in [1.165, 1.54) is 11.1 Å². The van der Waals surface area contributed by atoms with Crippen LogP contribution in [0.25, 0.3) is 0 Å². The van der Waals surface area contributed by atoms with Crippen LogP contribution in [0.5, 0.6) is 0 Å². The Balaban J connectivity index is 1.33. The van der Waals surface area contributed by atoms with Crippen molar-refractivity contribution in [1.82, 2.24) is 9.80 Å². The summed E-state index contributed by atoms with van der Waals surface area (Å²) < 4.78 is 0. The monoisotopic (exact) mass is 383 g/mol. The molecule has 1 aromatic rings. The third-order valence-electron chi connectivity index (χ3n) is 6.07. The topological polar surface area (TPSA) is 64.4 Å². The number of likely N-dealkylation sites (tertiary alicyclic amines) is 1. The lowest BCUT2D eigenvalue weighted by atomic mass is 9.99. The number of hydrogen-bond acceptors (Lipinski definition) is 4. The summed E-state index contributed by atoms with van der Waals surface area (Å²) in [6.45, 7) is 0.665. The van der Waals surface area contributed by atoms with Gasteiger partial charge in [0.05, 0.1) is 11.9 Å². The number of fused-ring (bicyclic) bond motifs is 1. The zero-order valence-electron chi connectivity index (χ0n) is 15.5. The molecule has 2 fully saturated rings. The fraction of sp³-hybridized carbons (Fsp3) is 0.571. The molecule has 3 aliphatic rings. The maximum Gasteiger partial charge on any atom is 0.247 e. The average molecular weight is 384 g/mol. The Morgan fingerprint density at radius 3 is 2.63 bits per heavy atom. The van der Waals surface area contributed by atoms with Crippen molar-refractivity contribution in [3.63, 3.8) is 0 Å². The molecule has 0 saturated carbocycles. The lowest BCUT2D eigenvalue weighted by Gasteiger charge is -2.29. The van der Waals surface area contributed by atoms with Crippen LogP contribution < -0.4 is 0 Å². The quantitative estimate of drug-likeness (QED) is 0.802. The Kier molecular flexibility index (Phi) is 5.40. The Morgan fingerprint density at radius 1 is 1.19 bits per heavy atom. The molecule has 27 heavy (non-hydrogen) atoms. The first-order chi connectivity index (χ1) is 13.2. The molecule has 0 aromatic heterocycles. The molecular weight excluding hydrogens is 358 g/mol. The van der Waals surface area contributed by atoms with Crippen molar-refractivity contribution < 1.29 is 9.59 Å². The number of nitriles is 1. The fourth-order valence-corrected chi connectivity index (χ4v) is 5.69. The zero-order valence-corrected chi connectivity index (χ0v) is 16.3. The van der Waals surface area contributed by atoms with Crippen molar-refractivity contribution in [3.8, 4) is 6.07 Å². The second-order valence-electron chi connectivity index (χ2n) is 7.78. The van der Waals surface area contributed by atoms with Crippen molar-refractivity contribution in [3.05, 3.63) is 35.4 Å². The minimum absolute atomic E-state index is 0.0364. The average Bonchev–Trinajstić information content (AvgIpc) is 3.43. The first-order valence-electron chi connectivity index (χ1n) is 9.81. The van der Waals surface area contributed by atoms with Gasteiger partial charge < -0.3 is 9.80 Å². The van der Waals surface area contributed by atoms with Crippen molar-refractivity contribution in [1.29, 1.82) is 5.26 Å². The van der Waals surface area contributed by atoms with Crippen LogP contribution in [0.2, 0.25) is 0 Å². The molecule has 0 N–H and O–H groups in total. The van der Waals surface area contributed by atoms with E-state index < -0.39 is 0 Å². The van der Waals surface area contributed by atoms with Crippen molar-refractivity contribution in [2.24, 2.45) is 5.92 Å². The van der Waals surface area contributed by atoms with Gasteiger partial charge in [0.1, 0.15) is 12.1 Å². The van der Waals surface area contributed by atoms with Gasteiger partial charge in [-0.15, -0.1) is 11.8 Å². The number of nitrogens with zero attached hydrogens (tertiary/aromatic N) is 3. The van der Waals surface area contributed by atoms with Crippen LogP contribution in [0.4, 0.5) is 0 Å². The standard InChI is InChI=1S/C21H25N3O2S/c22-12-18-13-27-14-24(18)21(26)19-6-3-9-23(19)20(25)8-7-15-10-16-4-1-2-5-17(16)11-15/h1-2,4-5,15,18-19H,3,6-11,13-14H2/t18-,19+/m1/s1. The maximum absolute atomic E-state index is 12.9. The molecule has 2 saturated heterocycles. The van der Waals surface area contributed by atoms with Gasteiger partial charge in [-0.3, -0.25) is 9.59 Å². The number of amides is 2. The Hall–Kier alpha value is -2.00. The van der Waals surface area contributed by atoms with Gasteiger partial charge in [0.2, 0.25) is 11.8 Å². The fourth-order valence-electron chi connectivity index (χ4n) is 4.61. The second kappa shape index (κ2) is 7.93. The molecule has 2 amide bonds. The molecule has 0 spiro atoms. The highest BCUT2D eigenvalue weighted by Gasteiger charge is 2.40. The van der Waals surface area contributed by atoms with Gasteiger partial charge in [0.25, 0.3) is 0 Å². The molecule has 6 heteroatoms. The zero-order chi connectivity index (χ0) is 18.8. The first-order valence-corrected chi connectivity index (χ1v) is 11.0. The van der Waals surface area contributed by atoms with Gasteiger partial charge in [-0.1, -0.05) is 24.3 Å². The van der Waals surface area contributed by atoms with E-state index in [1.54, 1.807) is 21.6 Å². The van der Waals surface area contributed by atoms with Gasteiger partial charge in [-0.25, -0.2) is 0 Å². The third kappa shape index (κ3) is 3.70. The first kappa shape index (κ1) is 18.4. The molecule has 4 rings (SSSR count). The molecule has 2 heterocycles. The summed E-state index contributed by atoms with van der Waals surface area (Å²) in [6, 6.07) is 10.0. The van der Waals surface area contributed by atoms with Crippen LogP contribution in [-0.4, -0.2) is 51.9 Å². The highest BCUT2D eigenvalue weighted by molar-refractivity contribution is 7.99. The van der Waals surface area contributed by atoms with Crippen LogP contribution in [0, 0.1) is 17.2 Å². The molecular formula is C21H25N3O2S. The summed E-state index contributed by atoms with van der Waals surface area (Å²) in [5, 5.41) is 9.25. The van der Waals surface area contributed by atoms with Gasteiger partial charge in [-0.2, -0.15) is 5.26 Å². The highest BCUT2D eigenvalue weighted by Crippen LogP contribution is 2.31. The van der Waals surface area contributed by atoms with E-state index >= 15 is 0 Å². The van der Waals surface area contributed by atoms with Crippen LogP contribution >= 0.6 is 11.8 Å². The normalized spacial score (nSPS) is 24.9. The van der Waals surface area contributed by atoms with Gasteiger partial charge in [0.15, 0.2) is 0 Å². The third-order valence-corrected chi connectivity index (χ3v) is 7.09. The summed E-state index contributed by atoms with van der Waals surface area (Å²) in [5.74, 6) is 1.83. The molecule has 2 atom stereocenters.